The monoisotopic (exact) mass is 818 g/mol. The van der Waals surface area contributed by atoms with Crippen molar-refractivity contribution in [1.82, 2.24) is 9.97 Å². The van der Waals surface area contributed by atoms with Gasteiger partial charge in [0.1, 0.15) is 0 Å². The highest BCUT2D eigenvalue weighted by Gasteiger charge is 2.19. The van der Waals surface area contributed by atoms with Gasteiger partial charge in [-0.3, -0.25) is 0 Å². The van der Waals surface area contributed by atoms with E-state index in [0.717, 1.165) is 101 Å². The van der Waals surface area contributed by atoms with Crippen LogP contribution < -0.4 is 9.80 Å². The van der Waals surface area contributed by atoms with E-state index in [9.17, 15) is 0 Å². The molecule has 0 aliphatic rings. The van der Waals surface area contributed by atoms with E-state index in [1.54, 1.807) is 0 Å². The van der Waals surface area contributed by atoms with Gasteiger partial charge in [-0.05, 0) is 96.1 Å². The summed E-state index contributed by atoms with van der Waals surface area (Å²) in [6.45, 7) is 0. The van der Waals surface area contributed by atoms with Crippen molar-refractivity contribution in [3.05, 3.63) is 255 Å². The summed E-state index contributed by atoms with van der Waals surface area (Å²) in [6.07, 6.45) is 0. The molecule has 9 aromatic carbocycles. The second kappa shape index (κ2) is 17.0. The van der Waals surface area contributed by atoms with Gasteiger partial charge in [-0.2, -0.15) is 0 Å². The van der Waals surface area contributed by atoms with Gasteiger partial charge in [0, 0.05) is 67.2 Å². The van der Waals surface area contributed by atoms with Gasteiger partial charge in [-0.15, -0.1) is 0 Å². The van der Waals surface area contributed by atoms with Crippen LogP contribution in [0.15, 0.2) is 255 Å². The quantitative estimate of drug-likeness (QED) is 0.129. The maximum Gasteiger partial charge on any atom is 0.0972 e. The number of hydrogen-bond acceptors (Lipinski definition) is 4. The van der Waals surface area contributed by atoms with Crippen LogP contribution in [0.4, 0.5) is 34.1 Å². The zero-order valence-electron chi connectivity index (χ0n) is 35.0. The molecule has 0 saturated heterocycles. The first-order chi connectivity index (χ1) is 31.7. The summed E-state index contributed by atoms with van der Waals surface area (Å²) in [6, 6.07) is 89.7. The van der Waals surface area contributed by atoms with Crippen molar-refractivity contribution in [3.8, 4) is 44.8 Å². The van der Waals surface area contributed by atoms with E-state index in [1.165, 1.54) is 0 Å². The molecule has 0 bridgehead atoms. The molecular weight excluding hydrogens is 777 g/mol. The van der Waals surface area contributed by atoms with Crippen LogP contribution in [-0.4, -0.2) is 9.97 Å². The molecule has 2 aromatic heterocycles. The van der Waals surface area contributed by atoms with Crippen molar-refractivity contribution in [2.24, 2.45) is 0 Å². The highest BCUT2D eigenvalue weighted by molar-refractivity contribution is 6.08. The molecule has 4 nitrogen and oxygen atoms in total. The van der Waals surface area contributed by atoms with Gasteiger partial charge in [0.2, 0.25) is 0 Å². The first-order valence-electron chi connectivity index (χ1n) is 21.7. The predicted molar refractivity (Wildman–Crippen MR) is 268 cm³/mol. The molecule has 0 radical (unpaired) electrons. The summed E-state index contributed by atoms with van der Waals surface area (Å²) >= 11 is 0. The second-order valence-electron chi connectivity index (χ2n) is 15.8. The van der Waals surface area contributed by atoms with Gasteiger partial charge in [-0.25, -0.2) is 9.97 Å². The number of fused-ring (bicyclic) bond motifs is 3. The molecule has 0 N–H and O–H groups in total. The molecule has 11 rings (SSSR count). The molecule has 0 unspecified atom stereocenters. The van der Waals surface area contributed by atoms with E-state index in [1.807, 2.05) is 0 Å². The molecule has 64 heavy (non-hydrogen) atoms. The number of rotatable bonds is 10. The zero-order chi connectivity index (χ0) is 42.7. The lowest BCUT2D eigenvalue weighted by Crippen LogP contribution is -2.09. The van der Waals surface area contributed by atoms with Gasteiger partial charge in [0.05, 0.1) is 22.4 Å². The summed E-state index contributed by atoms with van der Waals surface area (Å²) in [4.78, 5) is 15.7. The summed E-state index contributed by atoms with van der Waals surface area (Å²) in [5.74, 6) is 0. The Morgan fingerprint density at radius 1 is 0.234 bits per heavy atom. The number of pyridine rings is 2. The fourth-order valence-corrected chi connectivity index (χ4v) is 8.73. The van der Waals surface area contributed by atoms with Crippen molar-refractivity contribution in [1.29, 1.82) is 0 Å². The van der Waals surface area contributed by atoms with Crippen LogP contribution in [0.1, 0.15) is 0 Å². The summed E-state index contributed by atoms with van der Waals surface area (Å²) < 4.78 is 0. The lowest BCUT2D eigenvalue weighted by atomic mass is 9.94. The van der Waals surface area contributed by atoms with Gasteiger partial charge in [-0.1, -0.05) is 170 Å². The normalized spacial score (nSPS) is 11.1. The van der Waals surface area contributed by atoms with Crippen LogP contribution in [0.25, 0.3) is 66.6 Å². The molecule has 0 spiro atoms. The van der Waals surface area contributed by atoms with E-state index in [-0.39, 0.29) is 0 Å². The smallest absolute Gasteiger partial charge is 0.0972 e. The molecule has 0 fully saturated rings. The first kappa shape index (κ1) is 38.3. The van der Waals surface area contributed by atoms with Crippen molar-refractivity contribution in [2.75, 3.05) is 9.80 Å². The fourth-order valence-electron chi connectivity index (χ4n) is 8.73. The lowest BCUT2D eigenvalue weighted by Gasteiger charge is -2.25. The van der Waals surface area contributed by atoms with Gasteiger partial charge in [0.25, 0.3) is 0 Å². The predicted octanol–water partition coefficient (Wildman–Crippen LogP) is 16.4. The molecule has 0 aliphatic carbocycles. The Morgan fingerprint density at radius 3 is 0.797 bits per heavy atom. The van der Waals surface area contributed by atoms with Crippen LogP contribution >= 0.6 is 0 Å². The van der Waals surface area contributed by atoms with Crippen LogP contribution in [0.5, 0.6) is 0 Å². The fraction of sp³-hybridized carbons (Fsp3) is 0. The number of nitrogens with zero attached hydrogens (tertiary/aromatic N) is 4. The van der Waals surface area contributed by atoms with Crippen molar-refractivity contribution in [3.63, 3.8) is 0 Å². The summed E-state index contributed by atoms with van der Waals surface area (Å²) in [5.41, 5.74) is 16.6. The summed E-state index contributed by atoms with van der Waals surface area (Å²) in [7, 11) is 0. The van der Waals surface area contributed by atoms with Crippen LogP contribution in [0.2, 0.25) is 0 Å². The average Bonchev–Trinajstić information content (AvgIpc) is 3.38. The minimum Gasteiger partial charge on any atom is -0.311 e. The maximum atomic E-state index is 5.55. The van der Waals surface area contributed by atoms with Crippen molar-refractivity contribution >= 4 is 55.9 Å². The molecule has 0 aliphatic heterocycles. The second-order valence-corrected chi connectivity index (χ2v) is 15.8. The van der Waals surface area contributed by atoms with E-state index in [2.05, 4.69) is 265 Å². The summed E-state index contributed by atoms with van der Waals surface area (Å²) in [5, 5.41) is 2.07. The molecule has 2 heterocycles. The van der Waals surface area contributed by atoms with E-state index < -0.39 is 0 Å². The Labute approximate surface area is 373 Å². The van der Waals surface area contributed by atoms with Gasteiger partial charge < -0.3 is 9.80 Å². The average molecular weight is 819 g/mol. The molecule has 11 aromatic rings. The highest BCUT2D eigenvalue weighted by atomic mass is 15.1. The highest BCUT2D eigenvalue weighted by Crippen LogP contribution is 2.42. The first-order valence-corrected chi connectivity index (χ1v) is 21.7. The minimum absolute atomic E-state index is 0.872. The number of benzene rings is 9. The van der Waals surface area contributed by atoms with E-state index in [0.29, 0.717) is 0 Å². The zero-order valence-corrected chi connectivity index (χ0v) is 35.0. The van der Waals surface area contributed by atoms with Crippen LogP contribution in [0.3, 0.4) is 0 Å². The molecule has 0 saturated carbocycles. The Morgan fingerprint density at radius 2 is 0.500 bits per heavy atom. The Kier molecular flexibility index (Phi) is 10.2. The lowest BCUT2D eigenvalue weighted by molar-refractivity contribution is 1.28. The topological polar surface area (TPSA) is 32.3 Å². The van der Waals surface area contributed by atoms with Gasteiger partial charge >= 0.3 is 0 Å². The van der Waals surface area contributed by atoms with Gasteiger partial charge in [0.15, 0.2) is 0 Å². The minimum atomic E-state index is 0.872. The van der Waals surface area contributed by atoms with Crippen molar-refractivity contribution in [2.45, 2.75) is 0 Å². The molecular formula is C60H42N4. The third-order valence-corrected chi connectivity index (χ3v) is 11.8. The van der Waals surface area contributed by atoms with Crippen molar-refractivity contribution < 1.29 is 0 Å². The Bertz CT molecular complexity index is 3020. The molecule has 0 amide bonds. The standard InChI is InChI=1S/C60H42N4/c1-7-19-45(20-8-1)57-55(43-33-37-53(38-34-43)63(49-23-11-3-12-24-49)50-25-13-4-14-26-50)41-47-31-32-48-42-56(58(46-21-9-2-10-22-46)62-60(48)59(47)61-57)44-35-39-54(40-36-44)64(51-27-15-5-16-28-51)52-29-17-6-18-30-52/h1-42H. The molecule has 4 heteroatoms. The molecule has 0 atom stereocenters. The number of aromatic nitrogens is 2. The van der Waals surface area contributed by atoms with E-state index in [4.69, 9.17) is 9.97 Å². The maximum absolute atomic E-state index is 5.55. The van der Waals surface area contributed by atoms with Crippen LogP contribution in [-0.2, 0) is 0 Å². The Hall–Kier alpha value is -8.60. The Balaban J connectivity index is 1.04. The largest absolute Gasteiger partial charge is 0.311 e. The van der Waals surface area contributed by atoms with Crippen LogP contribution in [0, 0.1) is 0 Å². The number of para-hydroxylation sites is 4. The number of anilines is 6. The number of hydrogen-bond donors (Lipinski definition) is 0. The SMILES string of the molecule is c1ccc(-c2nc3c(ccc4cc(-c5ccc(N(c6ccccc6)c6ccccc6)cc5)c(-c5ccccc5)nc43)cc2-c2ccc(N(c3ccccc3)c3ccccc3)cc2)cc1. The third kappa shape index (κ3) is 7.44. The van der Waals surface area contributed by atoms with E-state index >= 15 is 0 Å². The third-order valence-electron chi connectivity index (χ3n) is 11.8. The molecule has 302 valence electrons.